The maximum atomic E-state index is 14.0. The van der Waals surface area contributed by atoms with Crippen LogP contribution in [0.4, 0.5) is 4.79 Å². The molecule has 0 saturated carbocycles. The number of piperidine rings is 1. The molecule has 0 N–H and O–H groups in total. The van der Waals surface area contributed by atoms with Gasteiger partial charge in [0.1, 0.15) is 17.3 Å². The molecule has 0 aliphatic carbocycles. The summed E-state index contributed by atoms with van der Waals surface area (Å²) in [5, 5.41) is 0. The number of ketones is 1. The average Bonchev–Trinajstić information content (AvgIpc) is 3.59. The number of thioether (sulfide) groups is 1. The van der Waals surface area contributed by atoms with E-state index in [9.17, 15) is 9.59 Å². The van der Waals surface area contributed by atoms with E-state index in [0.717, 1.165) is 61.1 Å². The lowest BCUT2D eigenvalue weighted by Gasteiger charge is -2.50. The van der Waals surface area contributed by atoms with Crippen LogP contribution in [-0.4, -0.2) is 82.1 Å². The first kappa shape index (κ1) is 50.2. The lowest BCUT2D eigenvalue weighted by Crippen LogP contribution is -2.61. The van der Waals surface area contributed by atoms with Crippen molar-refractivity contribution in [3.8, 4) is 0 Å². The highest BCUT2D eigenvalue weighted by Gasteiger charge is 2.61. The Morgan fingerprint density at radius 3 is 2.14 bits per heavy atom. The molecule has 0 unspecified atom stereocenters. The van der Waals surface area contributed by atoms with Gasteiger partial charge in [-0.2, -0.15) is 0 Å². The summed E-state index contributed by atoms with van der Waals surface area (Å²) in [7, 11) is -4.27. The molecule has 3 aliphatic heterocycles. The van der Waals surface area contributed by atoms with Crippen LogP contribution in [0.5, 0.6) is 0 Å². The van der Waals surface area contributed by atoms with Crippen LogP contribution in [-0.2, 0) is 27.9 Å². The predicted molar refractivity (Wildman–Crippen MR) is 249 cm³/mol. The monoisotopic (exact) mass is 874 g/mol. The maximum absolute atomic E-state index is 14.0. The standard InChI is InChI=1S/C48H83NO7SSi2/c1-14-26-52-47(51)49-33-35(9)27-39(13)48(49)32-43(56-59(18-5,19-6)20-7)45(54-48)42(55-58(15-2,16-3)17-4)29-34(8)28-40(50)31-37(11)44-36(10)30-38(12)46(53-44)57-41-24-22-21-23-25-41/h21-25,34-36,38-39,42-46H,11,14-20,26-33H2,1-10,12-13H3/t34-,35-,36+,38-,39+,42-,43-,44+,45-,46+,48+/m1/s1. The van der Waals surface area contributed by atoms with Gasteiger partial charge in [-0.25, -0.2) is 4.79 Å². The quantitative estimate of drug-likeness (QED) is 0.0841. The van der Waals surface area contributed by atoms with Crippen molar-refractivity contribution in [2.24, 2.45) is 29.6 Å². The van der Waals surface area contributed by atoms with Crippen molar-refractivity contribution >= 4 is 40.3 Å². The fourth-order valence-electron chi connectivity index (χ4n) is 10.5. The lowest BCUT2D eigenvalue weighted by atomic mass is 9.80. The summed E-state index contributed by atoms with van der Waals surface area (Å²) in [4.78, 5) is 31.1. The summed E-state index contributed by atoms with van der Waals surface area (Å²) in [6.07, 6.45) is 3.49. The van der Waals surface area contributed by atoms with E-state index < -0.39 is 22.4 Å². The number of rotatable bonds is 22. The number of carbonyl (C=O) groups excluding carboxylic acids is 2. The lowest BCUT2D eigenvalue weighted by molar-refractivity contribution is -0.204. The zero-order valence-corrected chi connectivity index (χ0v) is 42.0. The number of Topliss-reactive ketones (excluding diaryl/α,β-unsaturated/α-hetero) is 1. The van der Waals surface area contributed by atoms with Crippen LogP contribution >= 0.6 is 11.8 Å². The molecule has 59 heavy (non-hydrogen) atoms. The molecule has 3 heterocycles. The molecule has 4 rings (SSSR count). The topological polar surface area (TPSA) is 83.5 Å². The number of benzene rings is 1. The molecule has 3 fully saturated rings. The van der Waals surface area contributed by atoms with Crippen molar-refractivity contribution in [3.05, 3.63) is 42.5 Å². The molecule has 0 radical (unpaired) electrons. The minimum absolute atomic E-state index is 0.0155. The fourth-order valence-corrected chi connectivity index (χ4v) is 17.3. The Morgan fingerprint density at radius 1 is 0.915 bits per heavy atom. The van der Waals surface area contributed by atoms with Crippen molar-refractivity contribution in [1.29, 1.82) is 0 Å². The van der Waals surface area contributed by atoms with Gasteiger partial charge < -0.3 is 23.1 Å². The van der Waals surface area contributed by atoms with Crippen LogP contribution in [0, 0.1) is 29.6 Å². The molecule has 1 amide bonds. The summed E-state index contributed by atoms with van der Waals surface area (Å²) in [5.74, 6) is 1.35. The Hall–Kier alpha value is -1.48. The fraction of sp³-hybridized carbons (Fsp3) is 0.792. The van der Waals surface area contributed by atoms with Gasteiger partial charge in [0.2, 0.25) is 0 Å². The van der Waals surface area contributed by atoms with Crippen molar-refractivity contribution in [3.63, 3.8) is 0 Å². The Morgan fingerprint density at radius 2 is 1.54 bits per heavy atom. The van der Waals surface area contributed by atoms with Gasteiger partial charge in [-0.15, -0.1) is 0 Å². The van der Waals surface area contributed by atoms with Crippen LogP contribution in [0.3, 0.4) is 0 Å². The third kappa shape index (κ3) is 12.4. The van der Waals surface area contributed by atoms with E-state index in [-0.39, 0.29) is 53.6 Å². The number of likely N-dealkylation sites (tertiary alicyclic amines) is 1. The third-order valence-electron chi connectivity index (χ3n) is 14.4. The van der Waals surface area contributed by atoms with Gasteiger partial charge in [-0.3, -0.25) is 9.69 Å². The van der Waals surface area contributed by atoms with E-state index in [4.69, 9.17) is 23.1 Å². The summed E-state index contributed by atoms with van der Waals surface area (Å²) >= 11 is 1.77. The van der Waals surface area contributed by atoms with E-state index in [0.29, 0.717) is 56.6 Å². The number of hydrogen-bond donors (Lipinski definition) is 0. The summed E-state index contributed by atoms with van der Waals surface area (Å²) in [6, 6.07) is 16.5. The molecule has 0 aromatic heterocycles. The first-order chi connectivity index (χ1) is 28.1. The SMILES string of the molecule is C=C(CC(=O)C[C@@H](C)C[C@@H](O[Si](CC)(CC)CC)[C@H]1O[C@@]2(C[C@H]1O[Si](CC)(CC)CC)[C@@H](C)C[C@@H](C)CN2C(=O)OCCC)[C@H]1O[C@@H](Sc2ccccc2)[C@H](C)C[C@@H]1C. The van der Waals surface area contributed by atoms with E-state index >= 15 is 0 Å². The minimum atomic E-state index is -2.16. The molecule has 1 aromatic rings. The van der Waals surface area contributed by atoms with Crippen molar-refractivity contribution in [2.75, 3.05) is 13.2 Å². The second kappa shape index (κ2) is 22.7. The van der Waals surface area contributed by atoms with Gasteiger partial charge in [0.05, 0.1) is 24.9 Å². The largest absolute Gasteiger partial charge is 0.449 e. The van der Waals surface area contributed by atoms with Crippen molar-refractivity contribution < 1.29 is 32.7 Å². The Balaban J connectivity index is 1.61. The second-order valence-electron chi connectivity index (χ2n) is 18.9. The summed E-state index contributed by atoms with van der Waals surface area (Å²) in [6.45, 7) is 32.3. The van der Waals surface area contributed by atoms with E-state index in [1.54, 1.807) is 11.8 Å². The summed E-state index contributed by atoms with van der Waals surface area (Å²) in [5.41, 5.74) is 0.0504. The number of nitrogens with zero attached hydrogens (tertiary/aromatic N) is 1. The zero-order valence-electron chi connectivity index (χ0n) is 39.2. The van der Waals surface area contributed by atoms with Crippen LogP contribution in [0.2, 0.25) is 36.3 Å². The van der Waals surface area contributed by atoms with Crippen molar-refractivity contribution in [1.82, 2.24) is 4.90 Å². The predicted octanol–water partition coefficient (Wildman–Crippen LogP) is 12.9. The highest BCUT2D eigenvalue weighted by molar-refractivity contribution is 7.99. The molecule has 3 saturated heterocycles. The number of carbonyl (C=O) groups is 2. The Bertz CT molecular complexity index is 1460. The molecule has 3 aliphatic rings. The van der Waals surface area contributed by atoms with Gasteiger partial charge in [0.25, 0.3) is 0 Å². The zero-order chi connectivity index (χ0) is 43.5. The number of hydrogen-bond acceptors (Lipinski definition) is 8. The highest BCUT2D eigenvalue weighted by atomic mass is 32.2. The Labute approximate surface area is 366 Å². The van der Waals surface area contributed by atoms with Gasteiger partial charge >= 0.3 is 6.09 Å². The number of amides is 1. The normalized spacial score (nSPS) is 30.0. The minimum Gasteiger partial charge on any atom is -0.449 e. The summed E-state index contributed by atoms with van der Waals surface area (Å²) < 4.78 is 35.2. The molecule has 336 valence electrons. The maximum Gasteiger partial charge on any atom is 0.412 e. The Kier molecular flexibility index (Phi) is 19.3. The van der Waals surface area contributed by atoms with Crippen LogP contribution in [0.25, 0.3) is 0 Å². The van der Waals surface area contributed by atoms with Crippen LogP contribution in [0.1, 0.15) is 128 Å². The van der Waals surface area contributed by atoms with Crippen LogP contribution < -0.4 is 0 Å². The molecular formula is C48H83NO7SSi2. The van der Waals surface area contributed by atoms with Gasteiger partial charge in [-0.1, -0.05) is 120 Å². The van der Waals surface area contributed by atoms with Gasteiger partial charge in [0, 0.05) is 36.6 Å². The van der Waals surface area contributed by atoms with E-state index in [2.05, 4.69) is 107 Å². The van der Waals surface area contributed by atoms with E-state index in [1.807, 2.05) is 17.9 Å². The molecule has 11 atom stereocenters. The highest BCUT2D eigenvalue weighted by Crippen LogP contribution is 2.50. The van der Waals surface area contributed by atoms with Gasteiger partial charge in [-0.05, 0) is 103 Å². The smallest absolute Gasteiger partial charge is 0.412 e. The van der Waals surface area contributed by atoms with Gasteiger partial charge in [0.15, 0.2) is 22.4 Å². The molecule has 8 nitrogen and oxygen atoms in total. The first-order valence-corrected chi connectivity index (χ1v) is 29.6. The van der Waals surface area contributed by atoms with Crippen molar-refractivity contribution in [2.45, 2.75) is 205 Å². The number of ether oxygens (including phenoxy) is 3. The molecule has 11 heteroatoms. The second-order valence-corrected chi connectivity index (χ2v) is 29.5. The third-order valence-corrected chi connectivity index (χ3v) is 25.1. The molecule has 1 aromatic carbocycles. The molecule has 1 spiro atoms. The molecule has 0 bridgehead atoms. The van der Waals surface area contributed by atoms with E-state index in [1.165, 1.54) is 4.90 Å². The molecular weight excluding hydrogens is 791 g/mol. The first-order valence-electron chi connectivity index (χ1n) is 23.6. The average molecular weight is 874 g/mol. The van der Waals surface area contributed by atoms with Crippen LogP contribution in [0.15, 0.2) is 47.4 Å².